The molecule has 0 spiro atoms. The molecule has 0 atom stereocenters. The van der Waals surface area contributed by atoms with E-state index in [-0.39, 0.29) is 5.88 Å². The van der Waals surface area contributed by atoms with Crippen LogP contribution in [0.25, 0.3) is 10.9 Å². The van der Waals surface area contributed by atoms with Crippen molar-refractivity contribution < 1.29 is 22.6 Å². The third-order valence-electron chi connectivity index (χ3n) is 3.09. The molecule has 0 aliphatic heterocycles. The van der Waals surface area contributed by atoms with E-state index in [4.69, 9.17) is 9.47 Å². The van der Waals surface area contributed by atoms with Crippen molar-refractivity contribution in [2.75, 3.05) is 7.11 Å². The first-order valence-electron chi connectivity index (χ1n) is 6.34. The highest BCUT2D eigenvalue weighted by Crippen LogP contribution is 2.28. The highest BCUT2D eigenvalue weighted by Gasteiger charge is 2.15. The standard InChI is InChI=1S/C16H10F3NO2/c1-21-10-3-5-12-9(8-10)2-7-14(20-12)22-13-6-4-11(17)15(18)16(13)19/h2-8H,1H3. The van der Waals surface area contributed by atoms with E-state index in [1.165, 1.54) is 6.07 Å². The SMILES string of the molecule is COc1ccc2nc(Oc3ccc(F)c(F)c3F)ccc2c1. The summed E-state index contributed by atoms with van der Waals surface area (Å²) in [4.78, 5) is 4.18. The molecule has 0 fully saturated rings. The summed E-state index contributed by atoms with van der Waals surface area (Å²) in [6.45, 7) is 0. The molecular weight excluding hydrogens is 295 g/mol. The molecule has 0 bridgehead atoms. The van der Waals surface area contributed by atoms with Gasteiger partial charge in [-0.3, -0.25) is 0 Å². The molecule has 112 valence electrons. The Morgan fingerprint density at radius 2 is 1.73 bits per heavy atom. The molecular formula is C16H10F3NO2. The van der Waals surface area contributed by atoms with Gasteiger partial charge in [0, 0.05) is 11.5 Å². The zero-order valence-corrected chi connectivity index (χ0v) is 11.4. The summed E-state index contributed by atoms with van der Waals surface area (Å²) in [5.41, 5.74) is 0.598. The molecule has 1 heterocycles. The van der Waals surface area contributed by atoms with E-state index in [1.54, 1.807) is 31.4 Å². The van der Waals surface area contributed by atoms with Gasteiger partial charge in [0.25, 0.3) is 0 Å². The van der Waals surface area contributed by atoms with Crippen molar-refractivity contribution in [1.29, 1.82) is 0 Å². The fourth-order valence-corrected chi connectivity index (χ4v) is 1.97. The van der Waals surface area contributed by atoms with Gasteiger partial charge in [0.2, 0.25) is 11.7 Å². The van der Waals surface area contributed by atoms with Gasteiger partial charge in [-0.15, -0.1) is 0 Å². The Balaban J connectivity index is 1.96. The maximum atomic E-state index is 13.6. The van der Waals surface area contributed by atoms with Crippen LogP contribution in [0.4, 0.5) is 13.2 Å². The number of aromatic nitrogens is 1. The van der Waals surface area contributed by atoms with Crippen LogP contribution in [0, 0.1) is 17.5 Å². The molecule has 3 rings (SSSR count). The van der Waals surface area contributed by atoms with Gasteiger partial charge in [0.1, 0.15) is 5.75 Å². The molecule has 0 N–H and O–H groups in total. The van der Waals surface area contributed by atoms with Crippen molar-refractivity contribution >= 4 is 10.9 Å². The van der Waals surface area contributed by atoms with Crippen LogP contribution in [0.1, 0.15) is 0 Å². The summed E-state index contributed by atoms with van der Waals surface area (Å²) in [7, 11) is 1.55. The van der Waals surface area contributed by atoms with E-state index in [9.17, 15) is 13.2 Å². The van der Waals surface area contributed by atoms with Crippen molar-refractivity contribution in [1.82, 2.24) is 4.98 Å². The monoisotopic (exact) mass is 305 g/mol. The lowest BCUT2D eigenvalue weighted by Crippen LogP contribution is -1.96. The van der Waals surface area contributed by atoms with Gasteiger partial charge in [-0.1, -0.05) is 0 Å². The van der Waals surface area contributed by atoms with Gasteiger partial charge in [0.15, 0.2) is 17.4 Å². The second-order valence-electron chi connectivity index (χ2n) is 4.48. The highest BCUT2D eigenvalue weighted by molar-refractivity contribution is 5.80. The number of nitrogens with zero attached hydrogens (tertiary/aromatic N) is 1. The quantitative estimate of drug-likeness (QED) is 0.670. The van der Waals surface area contributed by atoms with Crippen molar-refractivity contribution in [3.8, 4) is 17.4 Å². The highest BCUT2D eigenvalue weighted by atomic mass is 19.2. The predicted octanol–water partition coefficient (Wildman–Crippen LogP) is 4.45. The zero-order valence-electron chi connectivity index (χ0n) is 11.4. The lowest BCUT2D eigenvalue weighted by molar-refractivity contribution is 0.387. The summed E-state index contributed by atoms with van der Waals surface area (Å²) in [5, 5.41) is 0.803. The molecule has 0 unspecified atom stereocenters. The largest absolute Gasteiger partial charge is 0.497 e. The number of fused-ring (bicyclic) bond motifs is 1. The second kappa shape index (κ2) is 5.55. The molecule has 3 aromatic rings. The molecule has 0 amide bonds. The van der Waals surface area contributed by atoms with Crippen LogP contribution in [0.15, 0.2) is 42.5 Å². The van der Waals surface area contributed by atoms with E-state index >= 15 is 0 Å². The zero-order chi connectivity index (χ0) is 15.7. The minimum atomic E-state index is -1.58. The number of benzene rings is 2. The average Bonchev–Trinajstić information content (AvgIpc) is 2.55. The van der Waals surface area contributed by atoms with Gasteiger partial charge < -0.3 is 9.47 Å². The van der Waals surface area contributed by atoms with Crippen LogP contribution in [0.5, 0.6) is 17.4 Å². The number of hydrogen-bond donors (Lipinski definition) is 0. The maximum absolute atomic E-state index is 13.6. The van der Waals surface area contributed by atoms with Crippen molar-refractivity contribution in [3.63, 3.8) is 0 Å². The van der Waals surface area contributed by atoms with E-state index in [0.717, 1.165) is 17.5 Å². The van der Waals surface area contributed by atoms with Gasteiger partial charge >= 0.3 is 0 Å². The molecule has 0 aliphatic rings. The first-order chi connectivity index (χ1) is 10.6. The Kier molecular flexibility index (Phi) is 3.58. The minimum absolute atomic E-state index is 0.0718. The smallest absolute Gasteiger partial charge is 0.219 e. The van der Waals surface area contributed by atoms with E-state index < -0.39 is 23.2 Å². The van der Waals surface area contributed by atoms with E-state index in [0.29, 0.717) is 11.3 Å². The number of methoxy groups -OCH3 is 1. The third kappa shape index (κ3) is 2.55. The van der Waals surface area contributed by atoms with Gasteiger partial charge in [0.05, 0.1) is 12.6 Å². The first-order valence-corrected chi connectivity index (χ1v) is 6.34. The molecule has 0 saturated carbocycles. The molecule has 6 heteroatoms. The van der Waals surface area contributed by atoms with Crippen LogP contribution < -0.4 is 9.47 Å². The minimum Gasteiger partial charge on any atom is -0.497 e. The molecule has 0 aliphatic carbocycles. The van der Waals surface area contributed by atoms with Crippen LogP contribution in [-0.2, 0) is 0 Å². The Labute approximate surface area is 123 Å². The third-order valence-corrected chi connectivity index (χ3v) is 3.09. The molecule has 0 radical (unpaired) electrons. The summed E-state index contributed by atoms with van der Waals surface area (Å²) >= 11 is 0. The summed E-state index contributed by atoms with van der Waals surface area (Å²) < 4.78 is 49.9. The summed E-state index contributed by atoms with van der Waals surface area (Å²) in [5.74, 6) is -3.93. The van der Waals surface area contributed by atoms with Crippen LogP contribution >= 0.6 is 0 Å². The molecule has 3 nitrogen and oxygen atoms in total. The first kappa shape index (κ1) is 14.2. The van der Waals surface area contributed by atoms with Gasteiger partial charge in [-0.25, -0.2) is 13.8 Å². The lowest BCUT2D eigenvalue weighted by Gasteiger charge is -2.08. The fourth-order valence-electron chi connectivity index (χ4n) is 1.97. The molecule has 22 heavy (non-hydrogen) atoms. The summed E-state index contributed by atoms with van der Waals surface area (Å²) in [6.07, 6.45) is 0. The van der Waals surface area contributed by atoms with Crippen molar-refractivity contribution in [2.24, 2.45) is 0 Å². The Morgan fingerprint density at radius 1 is 0.909 bits per heavy atom. The van der Waals surface area contributed by atoms with E-state index in [1.807, 2.05) is 0 Å². The van der Waals surface area contributed by atoms with Gasteiger partial charge in [-0.05, 0) is 36.4 Å². The van der Waals surface area contributed by atoms with E-state index in [2.05, 4.69) is 4.98 Å². The van der Waals surface area contributed by atoms with Crippen LogP contribution in [0.3, 0.4) is 0 Å². The fraction of sp³-hybridized carbons (Fsp3) is 0.0625. The number of hydrogen-bond acceptors (Lipinski definition) is 3. The second-order valence-corrected chi connectivity index (χ2v) is 4.48. The number of rotatable bonds is 3. The summed E-state index contributed by atoms with van der Waals surface area (Å²) in [6, 6.07) is 10.2. The number of halogens is 3. The van der Waals surface area contributed by atoms with Gasteiger partial charge in [-0.2, -0.15) is 4.39 Å². The maximum Gasteiger partial charge on any atom is 0.219 e. The van der Waals surface area contributed by atoms with Crippen LogP contribution in [-0.4, -0.2) is 12.1 Å². The van der Waals surface area contributed by atoms with Crippen molar-refractivity contribution in [3.05, 3.63) is 59.9 Å². The Morgan fingerprint density at radius 3 is 2.50 bits per heavy atom. The van der Waals surface area contributed by atoms with Crippen molar-refractivity contribution in [2.45, 2.75) is 0 Å². The normalized spacial score (nSPS) is 10.7. The molecule has 1 aromatic heterocycles. The molecule has 0 saturated heterocycles. The Bertz CT molecular complexity index is 852. The molecule has 2 aromatic carbocycles. The predicted molar refractivity (Wildman–Crippen MR) is 74.7 cm³/mol. The number of ether oxygens (including phenoxy) is 2. The number of pyridine rings is 1. The average molecular weight is 305 g/mol. The Hall–Kier alpha value is -2.76. The lowest BCUT2D eigenvalue weighted by atomic mass is 10.2. The topological polar surface area (TPSA) is 31.4 Å². The van der Waals surface area contributed by atoms with Crippen LogP contribution in [0.2, 0.25) is 0 Å².